The van der Waals surface area contributed by atoms with Crippen LogP contribution < -0.4 is 0 Å². The SMILES string of the molecule is C=CC(=O)O.O=C1CCC(=O)N1CCCCCCCCCCCCCCCCCCO. The lowest BCUT2D eigenvalue weighted by Crippen LogP contribution is -2.29. The Balaban J connectivity index is 0.00000161. The van der Waals surface area contributed by atoms with Crippen molar-refractivity contribution in [2.45, 2.75) is 116 Å². The number of aliphatic carboxylic acids is 1. The summed E-state index contributed by atoms with van der Waals surface area (Å²) < 4.78 is 0. The van der Waals surface area contributed by atoms with Gasteiger partial charge in [0.15, 0.2) is 0 Å². The molecular weight excluding hydrogens is 394 g/mol. The highest BCUT2D eigenvalue weighted by molar-refractivity contribution is 6.01. The van der Waals surface area contributed by atoms with Gasteiger partial charge in [0.2, 0.25) is 11.8 Å². The second-order valence-electron chi connectivity index (χ2n) is 8.36. The predicted octanol–water partition coefficient (Wildman–Crippen LogP) is 5.63. The van der Waals surface area contributed by atoms with Gasteiger partial charge in [-0.1, -0.05) is 96.5 Å². The molecule has 6 nitrogen and oxygen atoms in total. The third-order valence-electron chi connectivity index (χ3n) is 5.62. The largest absolute Gasteiger partial charge is 0.478 e. The van der Waals surface area contributed by atoms with Crippen molar-refractivity contribution in [1.82, 2.24) is 4.90 Å². The van der Waals surface area contributed by atoms with Gasteiger partial charge in [-0.2, -0.15) is 0 Å². The van der Waals surface area contributed by atoms with Crippen LogP contribution in [0, 0.1) is 0 Å². The first-order valence-corrected chi connectivity index (χ1v) is 12.3. The lowest BCUT2D eigenvalue weighted by atomic mass is 10.0. The monoisotopic (exact) mass is 439 g/mol. The standard InChI is InChI=1S/C22H41NO3.C3H4O2/c24-20-16-14-12-10-8-6-4-2-1-3-5-7-9-11-13-15-19-23-21(25)17-18-22(23)26;1-2-3(4)5/h24H,1-20H2;2H,1H2,(H,4,5). The number of hydrogen-bond acceptors (Lipinski definition) is 4. The Kier molecular flexibility index (Phi) is 20.4. The van der Waals surface area contributed by atoms with Crippen molar-refractivity contribution in [3.8, 4) is 0 Å². The molecule has 2 N–H and O–H groups in total. The van der Waals surface area contributed by atoms with Crippen molar-refractivity contribution in [2.75, 3.05) is 13.2 Å². The van der Waals surface area contributed by atoms with Crippen LogP contribution in [0.5, 0.6) is 0 Å². The molecule has 6 heteroatoms. The number of imide groups is 1. The summed E-state index contributed by atoms with van der Waals surface area (Å²) in [7, 11) is 0. The van der Waals surface area contributed by atoms with Gasteiger partial charge in [0.25, 0.3) is 0 Å². The minimum absolute atomic E-state index is 0.0247. The van der Waals surface area contributed by atoms with E-state index < -0.39 is 5.97 Å². The Morgan fingerprint density at radius 3 is 1.29 bits per heavy atom. The maximum Gasteiger partial charge on any atom is 0.327 e. The normalized spacial score (nSPS) is 13.3. The van der Waals surface area contributed by atoms with Gasteiger partial charge < -0.3 is 10.2 Å². The van der Waals surface area contributed by atoms with Gasteiger partial charge in [-0.15, -0.1) is 0 Å². The number of aliphatic hydroxyl groups excluding tert-OH is 1. The highest BCUT2D eigenvalue weighted by atomic mass is 16.4. The van der Waals surface area contributed by atoms with Crippen LogP contribution in [0.25, 0.3) is 0 Å². The van der Waals surface area contributed by atoms with Crippen LogP contribution in [0.3, 0.4) is 0 Å². The molecule has 1 aliphatic rings. The minimum atomic E-state index is -0.981. The molecule has 0 bridgehead atoms. The lowest BCUT2D eigenvalue weighted by molar-refractivity contribution is -0.138. The Bertz CT molecular complexity index is 476. The third kappa shape index (κ3) is 18.8. The third-order valence-corrected chi connectivity index (χ3v) is 5.62. The number of carboxylic acid groups (broad SMARTS) is 1. The van der Waals surface area contributed by atoms with E-state index in [1.54, 1.807) is 0 Å². The molecule has 0 aromatic rings. The predicted molar refractivity (Wildman–Crippen MR) is 125 cm³/mol. The maximum atomic E-state index is 11.5. The average Bonchev–Trinajstić information content (AvgIpc) is 3.08. The number of aliphatic hydroxyl groups is 1. The summed E-state index contributed by atoms with van der Waals surface area (Å²) >= 11 is 0. The Labute approximate surface area is 189 Å². The van der Waals surface area contributed by atoms with Crippen molar-refractivity contribution in [2.24, 2.45) is 0 Å². The fourth-order valence-corrected chi connectivity index (χ4v) is 3.73. The molecule has 0 unspecified atom stereocenters. The number of nitrogens with zero attached hydrogens (tertiary/aromatic N) is 1. The van der Waals surface area contributed by atoms with Crippen LogP contribution in [-0.2, 0) is 14.4 Å². The van der Waals surface area contributed by atoms with Crippen molar-refractivity contribution >= 4 is 17.8 Å². The van der Waals surface area contributed by atoms with E-state index in [9.17, 15) is 14.4 Å². The van der Waals surface area contributed by atoms with E-state index in [0.29, 0.717) is 26.0 Å². The number of rotatable bonds is 19. The number of unbranched alkanes of at least 4 members (excludes halogenated alkanes) is 15. The van der Waals surface area contributed by atoms with Gasteiger partial charge in [-0.3, -0.25) is 14.5 Å². The molecule has 0 radical (unpaired) electrons. The molecule has 1 saturated heterocycles. The van der Waals surface area contributed by atoms with Gasteiger partial charge in [0, 0.05) is 32.1 Å². The van der Waals surface area contributed by atoms with Gasteiger partial charge in [-0.25, -0.2) is 4.79 Å². The highest BCUT2D eigenvalue weighted by Crippen LogP contribution is 2.15. The highest BCUT2D eigenvalue weighted by Gasteiger charge is 2.27. The number of hydrogen-bond donors (Lipinski definition) is 2. The molecule has 1 heterocycles. The summed E-state index contributed by atoms with van der Waals surface area (Å²) in [6, 6.07) is 0. The fourth-order valence-electron chi connectivity index (χ4n) is 3.73. The molecule has 180 valence electrons. The molecule has 0 atom stereocenters. The van der Waals surface area contributed by atoms with E-state index >= 15 is 0 Å². The fraction of sp³-hybridized carbons (Fsp3) is 0.800. The van der Waals surface area contributed by atoms with Crippen molar-refractivity contribution in [3.05, 3.63) is 12.7 Å². The van der Waals surface area contributed by atoms with Crippen LogP contribution in [0.4, 0.5) is 0 Å². The van der Waals surface area contributed by atoms with E-state index in [1.807, 2.05) is 0 Å². The number of amides is 2. The Hall–Kier alpha value is -1.69. The van der Waals surface area contributed by atoms with E-state index in [2.05, 4.69) is 6.58 Å². The zero-order valence-corrected chi connectivity index (χ0v) is 19.5. The molecule has 1 aliphatic heterocycles. The zero-order valence-electron chi connectivity index (χ0n) is 19.5. The van der Waals surface area contributed by atoms with E-state index in [4.69, 9.17) is 10.2 Å². The van der Waals surface area contributed by atoms with Crippen LogP contribution in [-0.4, -0.2) is 46.0 Å². The average molecular weight is 440 g/mol. The molecule has 0 aromatic heterocycles. The summed E-state index contributed by atoms with van der Waals surface area (Å²) in [5.41, 5.74) is 0. The van der Waals surface area contributed by atoms with Gasteiger partial charge >= 0.3 is 5.97 Å². The number of carbonyl (C=O) groups is 3. The van der Waals surface area contributed by atoms with E-state index in [-0.39, 0.29) is 11.8 Å². The first-order valence-electron chi connectivity index (χ1n) is 12.3. The molecular formula is C25H45NO5. The summed E-state index contributed by atoms with van der Waals surface area (Å²) in [5, 5.41) is 16.3. The number of likely N-dealkylation sites (tertiary alicyclic amines) is 1. The van der Waals surface area contributed by atoms with Crippen LogP contribution in [0.2, 0.25) is 0 Å². The molecule has 0 saturated carbocycles. The van der Waals surface area contributed by atoms with Gasteiger partial charge in [0.1, 0.15) is 0 Å². The molecule has 0 aromatic carbocycles. The quantitative estimate of drug-likeness (QED) is 0.155. The smallest absolute Gasteiger partial charge is 0.327 e. The maximum absolute atomic E-state index is 11.5. The van der Waals surface area contributed by atoms with Gasteiger partial charge in [-0.05, 0) is 12.8 Å². The number of carboxylic acids is 1. The molecule has 31 heavy (non-hydrogen) atoms. The molecule has 1 fully saturated rings. The Morgan fingerprint density at radius 1 is 0.710 bits per heavy atom. The van der Waals surface area contributed by atoms with Crippen LogP contribution in [0.15, 0.2) is 12.7 Å². The Morgan fingerprint density at radius 2 is 1.00 bits per heavy atom. The number of carbonyl (C=O) groups excluding carboxylic acids is 2. The molecule has 2 amide bonds. The molecule has 1 rings (SSSR count). The summed E-state index contributed by atoms with van der Waals surface area (Å²) in [6.45, 7) is 3.95. The summed E-state index contributed by atoms with van der Waals surface area (Å²) in [5.74, 6) is -0.932. The van der Waals surface area contributed by atoms with E-state index in [0.717, 1.165) is 25.3 Å². The van der Waals surface area contributed by atoms with Crippen LogP contribution in [0.1, 0.15) is 116 Å². The topological polar surface area (TPSA) is 94.9 Å². The van der Waals surface area contributed by atoms with Crippen molar-refractivity contribution in [1.29, 1.82) is 0 Å². The van der Waals surface area contributed by atoms with Gasteiger partial charge in [0.05, 0.1) is 0 Å². The first kappa shape index (κ1) is 29.3. The van der Waals surface area contributed by atoms with Crippen molar-refractivity contribution in [3.63, 3.8) is 0 Å². The second kappa shape index (κ2) is 21.5. The molecule has 0 aliphatic carbocycles. The lowest BCUT2D eigenvalue weighted by Gasteiger charge is -2.13. The minimum Gasteiger partial charge on any atom is -0.478 e. The van der Waals surface area contributed by atoms with E-state index in [1.165, 1.54) is 88.4 Å². The molecule has 0 spiro atoms. The summed E-state index contributed by atoms with van der Waals surface area (Å²) in [6.07, 6.45) is 22.0. The van der Waals surface area contributed by atoms with Crippen molar-refractivity contribution < 1.29 is 24.6 Å². The zero-order chi connectivity index (χ0) is 23.2. The van der Waals surface area contributed by atoms with Crippen LogP contribution >= 0.6 is 0 Å². The first-order chi connectivity index (χ1) is 15.0. The second-order valence-corrected chi connectivity index (χ2v) is 8.36. The summed E-state index contributed by atoms with van der Waals surface area (Å²) in [4.78, 5) is 33.7.